The van der Waals surface area contributed by atoms with Gasteiger partial charge >= 0.3 is 0 Å². The predicted molar refractivity (Wildman–Crippen MR) is 112 cm³/mol. The highest BCUT2D eigenvalue weighted by Gasteiger charge is 2.24. The lowest BCUT2D eigenvalue weighted by Gasteiger charge is -2.09. The Kier molecular flexibility index (Phi) is 5.19. The summed E-state index contributed by atoms with van der Waals surface area (Å²) >= 11 is 0. The van der Waals surface area contributed by atoms with Crippen LogP contribution >= 0.6 is 0 Å². The fraction of sp³-hybridized carbons (Fsp3) is 0.200. The van der Waals surface area contributed by atoms with Crippen LogP contribution in [0.15, 0.2) is 51.9 Å². The van der Waals surface area contributed by atoms with E-state index in [1.165, 1.54) is 0 Å². The van der Waals surface area contributed by atoms with Crippen molar-refractivity contribution in [1.29, 1.82) is 0 Å². The molecule has 3 aromatic heterocycles. The zero-order valence-corrected chi connectivity index (χ0v) is 18.1. The van der Waals surface area contributed by atoms with Gasteiger partial charge in [-0.2, -0.15) is 5.10 Å². The normalized spacial score (nSPS) is 11.5. The molecule has 0 aliphatic rings. The van der Waals surface area contributed by atoms with E-state index < -0.39 is 10.0 Å². The molecular weight excluding hydrogens is 420 g/mol. The number of ether oxygens (including phenoxy) is 1. The number of hydrogen-bond donors (Lipinski definition) is 1. The maximum Gasteiger partial charge on any atom is 0.267 e. The second-order valence-electron chi connectivity index (χ2n) is 6.95. The highest BCUT2D eigenvalue weighted by Crippen LogP contribution is 2.25. The fourth-order valence-electron chi connectivity index (χ4n) is 3.12. The fourth-order valence-corrected chi connectivity index (χ4v) is 4.51. The first-order valence-corrected chi connectivity index (χ1v) is 10.8. The molecule has 0 spiro atoms. The minimum atomic E-state index is -3.81. The van der Waals surface area contributed by atoms with Crippen molar-refractivity contribution in [2.24, 2.45) is 0 Å². The number of nitrogens with one attached hydrogen (secondary N) is 1. The molecule has 160 valence electrons. The van der Waals surface area contributed by atoms with Crippen molar-refractivity contribution in [3.05, 3.63) is 65.3 Å². The molecule has 4 aromatic rings. The van der Waals surface area contributed by atoms with Gasteiger partial charge in [0.15, 0.2) is 16.5 Å². The Hall–Kier alpha value is -3.73. The molecule has 0 atom stereocenters. The summed E-state index contributed by atoms with van der Waals surface area (Å²) in [5.41, 5.74) is 2.52. The largest absolute Gasteiger partial charge is 0.438 e. The molecule has 10 nitrogen and oxygen atoms in total. The Bertz CT molecular complexity index is 1310. The molecule has 0 aliphatic heterocycles. The van der Waals surface area contributed by atoms with Gasteiger partial charge < -0.3 is 9.26 Å². The Morgan fingerprint density at radius 1 is 1.00 bits per heavy atom. The van der Waals surface area contributed by atoms with Gasteiger partial charge in [0, 0.05) is 17.4 Å². The van der Waals surface area contributed by atoms with Crippen molar-refractivity contribution in [2.75, 3.05) is 4.72 Å². The molecule has 0 amide bonds. The van der Waals surface area contributed by atoms with Crippen LogP contribution in [0.4, 0.5) is 5.69 Å². The number of aromatic nitrogens is 5. The summed E-state index contributed by atoms with van der Waals surface area (Å²) in [6.07, 6.45) is 0. The van der Waals surface area contributed by atoms with Gasteiger partial charge in [0.25, 0.3) is 10.0 Å². The number of benzene rings is 1. The number of hydrogen-bond acceptors (Lipinski definition) is 8. The van der Waals surface area contributed by atoms with Crippen LogP contribution in [-0.2, 0) is 10.0 Å². The Morgan fingerprint density at radius 3 is 2.29 bits per heavy atom. The van der Waals surface area contributed by atoms with Gasteiger partial charge in [0.05, 0.1) is 5.69 Å². The van der Waals surface area contributed by atoms with E-state index in [-0.39, 0.29) is 10.7 Å². The highest BCUT2D eigenvalue weighted by atomic mass is 32.2. The van der Waals surface area contributed by atoms with E-state index in [1.807, 2.05) is 19.9 Å². The molecule has 4 rings (SSSR count). The number of sulfonamides is 1. The first-order valence-electron chi connectivity index (χ1n) is 9.34. The molecule has 0 aliphatic carbocycles. The lowest BCUT2D eigenvalue weighted by molar-refractivity contribution is 0.390. The number of nitrogens with zero attached hydrogens (tertiary/aromatic N) is 5. The third-order valence-electron chi connectivity index (χ3n) is 4.42. The molecule has 31 heavy (non-hydrogen) atoms. The second kappa shape index (κ2) is 7.84. The van der Waals surface area contributed by atoms with Crippen molar-refractivity contribution in [3.63, 3.8) is 0 Å². The summed E-state index contributed by atoms with van der Waals surface area (Å²) in [5, 5.41) is 16.3. The maximum atomic E-state index is 12.6. The van der Waals surface area contributed by atoms with Gasteiger partial charge in [0.1, 0.15) is 11.4 Å². The summed E-state index contributed by atoms with van der Waals surface area (Å²) in [7, 11) is -3.81. The second-order valence-corrected chi connectivity index (χ2v) is 8.57. The van der Waals surface area contributed by atoms with E-state index in [4.69, 9.17) is 9.26 Å². The SMILES string of the molecule is Cc1cc(C)n(-c2ccc(Oc3ccc(NS(=O)(=O)c4c(C)noc4C)cc3)nn2)n1. The molecule has 0 saturated heterocycles. The van der Waals surface area contributed by atoms with Crippen LogP contribution in [0.3, 0.4) is 0 Å². The molecule has 0 fully saturated rings. The van der Waals surface area contributed by atoms with Crippen LogP contribution in [0.25, 0.3) is 5.82 Å². The van der Waals surface area contributed by atoms with Crippen LogP contribution in [0.1, 0.15) is 22.8 Å². The van der Waals surface area contributed by atoms with E-state index in [9.17, 15) is 8.42 Å². The van der Waals surface area contributed by atoms with Crippen LogP contribution in [-0.4, -0.2) is 33.6 Å². The van der Waals surface area contributed by atoms with Gasteiger partial charge in [0.2, 0.25) is 5.88 Å². The molecular formula is C20H20N6O4S. The zero-order chi connectivity index (χ0) is 22.2. The summed E-state index contributed by atoms with van der Waals surface area (Å²) in [4.78, 5) is 0.0332. The first-order chi connectivity index (χ1) is 14.7. The lowest BCUT2D eigenvalue weighted by atomic mass is 10.3. The summed E-state index contributed by atoms with van der Waals surface area (Å²) in [5.74, 6) is 1.59. The smallest absolute Gasteiger partial charge is 0.267 e. The van der Waals surface area contributed by atoms with E-state index >= 15 is 0 Å². The molecule has 0 bridgehead atoms. The predicted octanol–water partition coefficient (Wildman–Crippen LogP) is 3.48. The molecule has 11 heteroatoms. The van der Waals surface area contributed by atoms with Crippen molar-refractivity contribution < 1.29 is 17.7 Å². The van der Waals surface area contributed by atoms with E-state index in [0.29, 0.717) is 28.8 Å². The number of aryl methyl sites for hydroxylation is 4. The quantitative estimate of drug-likeness (QED) is 0.483. The summed E-state index contributed by atoms with van der Waals surface area (Å²) in [6.45, 7) is 6.97. The molecule has 1 N–H and O–H groups in total. The van der Waals surface area contributed by atoms with Crippen molar-refractivity contribution in [3.8, 4) is 17.4 Å². The van der Waals surface area contributed by atoms with Gasteiger partial charge in [-0.05, 0) is 64.1 Å². The Morgan fingerprint density at radius 2 is 1.74 bits per heavy atom. The van der Waals surface area contributed by atoms with Gasteiger partial charge in [-0.25, -0.2) is 13.1 Å². The van der Waals surface area contributed by atoms with E-state index in [0.717, 1.165) is 11.4 Å². The Labute approximate surface area is 178 Å². The molecule has 0 unspecified atom stereocenters. The maximum absolute atomic E-state index is 12.6. The minimum Gasteiger partial charge on any atom is -0.438 e. The number of anilines is 1. The third-order valence-corrected chi connectivity index (χ3v) is 6.04. The Balaban J connectivity index is 1.46. The van der Waals surface area contributed by atoms with Gasteiger partial charge in [-0.15, -0.1) is 10.2 Å². The number of rotatable bonds is 6. The van der Waals surface area contributed by atoms with Crippen LogP contribution in [0.5, 0.6) is 11.6 Å². The topological polar surface area (TPSA) is 125 Å². The van der Waals surface area contributed by atoms with Gasteiger partial charge in [-0.3, -0.25) is 4.72 Å². The zero-order valence-electron chi connectivity index (χ0n) is 17.3. The summed E-state index contributed by atoms with van der Waals surface area (Å²) < 4.78 is 40.0. The van der Waals surface area contributed by atoms with Crippen LogP contribution in [0.2, 0.25) is 0 Å². The van der Waals surface area contributed by atoms with Crippen molar-refractivity contribution in [1.82, 2.24) is 25.1 Å². The van der Waals surface area contributed by atoms with Gasteiger partial charge in [-0.1, -0.05) is 5.16 Å². The van der Waals surface area contributed by atoms with Crippen LogP contribution in [0, 0.1) is 27.7 Å². The average Bonchev–Trinajstić information content (AvgIpc) is 3.24. The highest BCUT2D eigenvalue weighted by molar-refractivity contribution is 7.92. The molecule has 3 heterocycles. The van der Waals surface area contributed by atoms with Crippen molar-refractivity contribution >= 4 is 15.7 Å². The first kappa shape index (κ1) is 20.5. The minimum absolute atomic E-state index is 0.0332. The average molecular weight is 440 g/mol. The molecule has 0 radical (unpaired) electrons. The summed E-state index contributed by atoms with van der Waals surface area (Å²) in [6, 6.07) is 11.8. The van der Waals surface area contributed by atoms with E-state index in [1.54, 1.807) is 54.9 Å². The molecule has 0 saturated carbocycles. The standard InChI is InChI=1S/C20H20N6O4S/c1-12-11-13(2)26(23-12)18-9-10-19(22-21-18)29-17-7-5-16(6-8-17)25-31(27,28)20-14(3)24-30-15(20)4/h5-11,25H,1-4H3. The monoisotopic (exact) mass is 440 g/mol. The third kappa shape index (κ3) is 4.26. The lowest BCUT2D eigenvalue weighted by Crippen LogP contribution is -2.14. The van der Waals surface area contributed by atoms with Crippen molar-refractivity contribution in [2.45, 2.75) is 32.6 Å². The van der Waals surface area contributed by atoms with Crippen LogP contribution < -0.4 is 9.46 Å². The molecule has 1 aromatic carbocycles. The van der Waals surface area contributed by atoms with E-state index in [2.05, 4.69) is 25.2 Å².